The maximum atomic E-state index is 12.6. The second kappa shape index (κ2) is 8.46. The molecule has 0 aromatic heterocycles. The van der Waals surface area contributed by atoms with E-state index in [4.69, 9.17) is 0 Å². The Labute approximate surface area is 166 Å². The van der Waals surface area contributed by atoms with Gasteiger partial charge in [-0.2, -0.15) is 0 Å². The number of carbonyl (C=O) groups is 2. The van der Waals surface area contributed by atoms with E-state index in [1.807, 2.05) is 24.3 Å². The zero-order chi connectivity index (χ0) is 19.3. The van der Waals surface area contributed by atoms with E-state index >= 15 is 0 Å². The van der Waals surface area contributed by atoms with E-state index in [1.54, 1.807) is 0 Å². The standard InChI is InChI=1S/C23H27N3O2/c27-17-18-5-7-21(8-6-18)25-13-10-20(11-14-25)23(28)24-12-16-26-15-9-19-3-1-2-4-22(19)26/h1-8,17,20H,9-16H2,(H,24,28). The van der Waals surface area contributed by atoms with Crippen LogP contribution in [0.25, 0.3) is 0 Å². The van der Waals surface area contributed by atoms with Crippen molar-refractivity contribution in [3.63, 3.8) is 0 Å². The molecule has 1 N–H and O–H groups in total. The van der Waals surface area contributed by atoms with Crippen molar-refractivity contribution in [1.29, 1.82) is 0 Å². The van der Waals surface area contributed by atoms with Crippen molar-refractivity contribution >= 4 is 23.6 Å². The minimum atomic E-state index is 0.0939. The van der Waals surface area contributed by atoms with Crippen LogP contribution in [0.15, 0.2) is 48.5 Å². The lowest BCUT2D eigenvalue weighted by Crippen LogP contribution is -2.42. The average Bonchev–Trinajstić information content (AvgIpc) is 3.17. The van der Waals surface area contributed by atoms with E-state index < -0.39 is 0 Å². The van der Waals surface area contributed by atoms with E-state index in [9.17, 15) is 9.59 Å². The van der Waals surface area contributed by atoms with Gasteiger partial charge >= 0.3 is 0 Å². The summed E-state index contributed by atoms with van der Waals surface area (Å²) < 4.78 is 0. The van der Waals surface area contributed by atoms with E-state index in [0.29, 0.717) is 12.1 Å². The van der Waals surface area contributed by atoms with Gasteiger partial charge in [0, 0.05) is 55.6 Å². The number of rotatable bonds is 6. The predicted octanol–water partition coefficient (Wildman–Crippen LogP) is 2.89. The summed E-state index contributed by atoms with van der Waals surface area (Å²) >= 11 is 0. The maximum absolute atomic E-state index is 12.6. The summed E-state index contributed by atoms with van der Waals surface area (Å²) in [4.78, 5) is 28.0. The molecule has 0 unspecified atom stereocenters. The number of carbonyl (C=O) groups excluding carboxylic acids is 2. The molecule has 0 radical (unpaired) electrons. The molecular formula is C23H27N3O2. The summed E-state index contributed by atoms with van der Waals surface area (Å²) in [6, 6.07) is 16.2. The van der Waals surface area contributed by atoms with E-state index in [0.717, 1.165) is 57.4 Å². The number of nitrogens with zero attached hydrogens (tertiary/aromatic N) is 2. The summed E-state index contributed by atoms with van der Waals surface area (Å²) in [6.07, 6.45) is 3.69. The van der Waals surface area contributed by atoms with Crippen LogP contribution in [0.5, 0.6) is 0 Å². The van der Waals surface area contributed by atoms with Crippen LogP contribution >= 0.6 is 0 Å². The smallest absolute Gasteiger partial charge is 0.223 e. The molecular weight excluding hydrogens is 350 g/mol. The van der Waals surface area contributed by atoms with Gasteiger partial charge in [0.25, 0.3) is 0 Å². The van der Waals surface area contributed by atoms with Gasteiger partial charge in [0.1, 0.15) is 6.29 Å². The molecule has 0 atom stereocenters. The van der Waals surface area contributed by atoms with E-state index in [-0.39, 0.29) is 11.8 Å². The lowest BCUT2D eigenvalue weighted by Gasteiger charge is -2.33. The topological polar surface area (TPSA) is 52.7 Å². The number of hydrogen-bond donors (Lipinski definition) is 1. The van der Waals surface area contributed by atoms with Gasteiger partial charge in [-0.05, 0) is 55.2 Å². The Bertz CT molecular complexity index is 826. The van der Waals surface area contributed by atoms with Gasteiger partial charge in [-0.25, -0.2) is 0 Å². The Kier molecular flexibility index (Phi) is 5.60. The van der Waals surface area contributed by atoms with Crippen molar-refractivity contribution in [1.82, 2.24) is 5.32 Å². The minimum Gasteiger partial charge on any atom is -0.371 e. The third kappa shape index (κ3) is 4.03. The summed E-state index contributed by atoms with van der Waals surface area (Å²) in [7, 11) is 0. The van der Waals surface area contributed by atoms with Crippen molar-refractivity contribution in [3.8, 4) is 0 Å². The van der Waals surface area contributed by atoms with Gasteiger partial charge in [-0.1, -0.05) is 18.2 Å². The number of benzene rings is 2. The number of anilines is 2. The highest BCUT2D eigenvalue weighted by molar-refractivity contribution is 5.79. The highest BCUT2D eigenvalue weighted by Gasteiger charge is 2.25. The molecule has 0 bridgehead atoms. The fourth-order valence-electron chi connectivity index (χ4n) is 4.26. The predicted molar refractivity (Wildman–Crippen MR) is 112 cm³/mol. The fourth-order valence-corrected chi connectivity index (χ4v) is 4.26. The number of fused-ring (bicyclic) bond motifs is 1. The van der Waals surface area contributed by atoms with Gasteiger partial charge in [0.15, 0.2) is 0 Å². The Balaban J connectivity index is 1.22. The minimum absolute atomic E-state index is 0.0939. The third-order valence-electron chi connectivity index (χ3n) is 5.92. The van der Waals surface area contributed by atoms with Crippen molar-refractivity contribution in [2.24, 2.45) is 5.92 Å². The molecule has 5 heteroatoms. The molecule has 2 aliphatic heterocycles. The van der Waals surface area contributed by atoms with Crippen LogP contribution in [0.4, 0.5) is 11.4 Å². The molecule has 5 nitrogen and oxygen atoms in total. The monoisotopic (exact) mass is 377 g/mol. The van der Waals surface area contributed by atoms with Crippen LogP contribution in [0.3, 0.4) is 0 Å². The lowest BCUT2D eigenvalue weighted by molar-refractivity contribution is -0.125. The Hall–Kier alpha value is -2.82. The first-order chi connectivity index (χ1) is 13.7. The molecule has 2 aromatic carbocycles. The molecule has 2 aromatic rings. The quantitative estimate of drug-likeness (QED) is 0.787. The first kappa shape index (κ1) is 18.5. The average molecular weight is 377 g/mol. The van der Waals surface area contributed by atoms with Crippen LogP contribution in [0, 0.1) is 5.92 Å². The zero-order valence-corrected chi connectivity index (χ0v) is 16.1. The van der Waals surface area contributed by atoms with Gasteiger partial charge in [-0.3, -0.25) is 9.59 Å². The maximum Gasteiger partial charge on any atom is 0.223 e. The molecule has 0 aliphatic carbocycles. The Morgan fingerprint density at radius 1 is 1.04 bits per heavy atom. The van der Waals surface area contributed by atoms with Gasteiger partial charge < -0.3 is 15.1 Å². The largest absolute Gasteiger partial charge is 0.371 e. The summed E-state index contributed by atoms with van der Waals surface area (Å²) in [5, 5.41) is 3.14. The molecule has 146 valence electrons. The van der Waals surface area contributed by atoms with Crippen molar-refractivity contribution < 1.29 is 9.59 Å². The van der Waals surface area contributed by atoms with Gasteiger partial charge in [0.2, 0.25) is 5.91 Å². The summed E-state index contributed by atoms with van der Waals surface area (Å²) in [5.41, 5.74) is 4.53. The first-order valence-electron chi connectivity index (χ1n) is 10.2. The Morgan fingerprint density at radius 2 is 1.79 bits per heavy atom. The molecule has 1 fully saturated rings. The van der Waals surface area contributed by atoms with Crippen molar-refractivity contribution in [3.05, 3.63) is 59.7 Å². The zero-order valence-electron chi connectivity index (χ0n) is 16.1. The molecule has 2 heterocycles. The number of piperidine rings is 1. The number of hydrogen-bond acceptors (Lipinski definition) is 4. The summed E-state index contributed by atoms with van der Waals surface area (Å²) in [5.74, 6) is 0.278. The van der Waals surface area contributed by atoms with Crippen molar-refractivity contribution in [2.45, 2.75) is 19.3 Å². The number of aldehydes is 1. The first-order valence-corrected chi connectivity index (χ1v) is 10.2. The second-order valence-corrected chi connectivity index (χ2v) is 7.63. The lowest BCUT2D eigenvalue weighted by atomic mass is 9.95. The second-order valence-electron chi connectivity index (χ2n) is 7.63. The van der Waals surface area contributed by atoms with E-state index in [1.165, 1.54) is 11.3 Å². The van der Waals surface area contributed by atoms with Crippen molar-refractivity contribution in [2.75, 3.05) is 42.5 Å². The molecule has 1 amide bonds. The van der Waals surface area contributed by atoms with Crippen LogP contribution in [-0.2, 0) is 11.2 Å². The van der Waals surface area contributed by atoms with Gasteiger partial charge in [0.05, 0.1) is 0 Å². The normalized spacial score (nSPS) is 16.7. The molecule has 28 heavy (non-hydrogen) atoms. The summed E-state index contributed by atoms with van der Waals surface area (Å²) in [6.45, 7) is 4.35. The number of nitrogens with one attached hydrogen (secondary N) is 1. The molecule has 0 spiro atoms. The molecule has 1 saturated heterocycles. The van der Waals surface area contributed by atoms with E-state index in [2.05, 4.69) is 39.4 Å². The highest BCUT2D eigenvalue weighted by Crippen LogP contribution is 2.27. The van der Waals surface area contributed by atoms with Crippen LogP contribution in [0.2, 0.25) is 0 Å². The molecule has 0 saturated carbocycles. The highest BCUT2D eigenvalue weighted by atomic mass is 16.1. The van der Waals surface area contributed by atoms with Crippen LogP contribution < -0.4 is 15.1 Å². The SMILES string of the molecule is O=Cc1ccc(N2CCC(C(=O)NCCN3CCc4ccccc43)CC2)cc1. The number of amides is 1. The number of para-hydroxylation sites is 1. The molecule has 4 rings (SSSR count). The Morgan fingerprint density at radius 3 is 2.54 bits per heavy atom. The fraction of sp³-hybridized carbons (Fsp3) is 0.391. The van der Waals surface area contributed by atoms with Crippen LogP contribution in [0.1, 0.15) is 28.8 Å². The van der Waals surface area contributed by atoms with Gasteiger partial charge in [-0.15, -0.1) is 0 Å². The van der Waals surface area contributed by atoms with Crippen LogP contribution in [-0.4, -0.2) is 44.9 Å². The molecule has 2 aliphatic rings. The third-order valence-corrected chi connectivity index (χ3v) is 5.92.